The Morgan fingerprint density at radius 3 is 2.59 bits per heavy atom. The summed E-state index contributed by atoms with van der Waals surface area (Å²) in [6.07, 6.45) is 1.62. The van der Waals surface area contributed by atoms with Gasteiger partial charge in [-0.25, -0.2) is 9.79 Å². The minimum Gasteiger partial charge on any atom is -0.496 e. The number of allylic oxidation sites excluding steroid dienone is 1. The lowest BCUT2D eigenvalue weighted by atomic mass is 9.90. The van der Waals surface area contributed by atoms with Crippen LogP contribution in [0.3, 0.4) is 0 Å². The van der Waals surface area contributed by atoms with Crippen molar-refractivity contribution in [3.8, 4) is 17.1 Å². The van der Waals surface area contributed by atoms with Crippen molar-refractivity contribution < 1.29 is 23.8 Å². The van der Waals surface area contributed by atoms with Gasteiger partial charge in [-0.1, -0.05) is 53.3 Å². The number of carbonyl (C=O) groups is 2. The molecule has 0 unspecified atom stereocenters. The summed E-state index contributed by atoms with van der Waals surface area (Å²) < 4.78 is 13.8. The third-order valence-corrected chi connectivity index (χ3v) is 9.42. The van der Waals surface area contributed by atoms with Crippen LogP contribution >= 0.6 is 22.9 Å². The van der Waals surface area contributed by atoms with Crippen LogP contribution in [0.2, 0.25) is 5.02 Å². The Morgan fingerprint density at radius 1 is 1.11 bits per heavy atom. The number of carbonyl (C=O) groups excluding carboxylic acids is 1. The quantitative estimate of drug-likeness (QED) is 0.223. The SMILES string of the molecule is CCN(CC)C(=O)C1=C(C)N=c2s/c(=C/c3ccc(-c4cc(C(=O)O)ccc4Cl)o3)c(=O)n2[C@@H]1c1c(OC)ccc2ccccc12. The summed E-state index contributed by atoms with van der Waals surface area (Å²) in [6.45, 7) is 6.63. The summed E-state index contributed by atoms with van der Waals surface area (Å²) in [5, 5.41) is 11.6. The average molecular weight is 656 g/mol. The fraction of sp³-hybridized carbons (Fsp3) is 0.200. The lowest BCUT2D eigenvalue weighted by Crippen LogP contribution is -2.43. The summed E-state index contributed by atoms with van der Waals surface area (Å²) in [4.78, 5) is 46.9. The molecular formula is C35H30ClN3O6S. The van der Waals surface area contributed by atoms with E-state index in [1.54, 1.807) is 41.7 Å². The maximum atomic E-state index is 14.3. The number of carboxylic acid groups (broad SMARTS) is 1. The van der Waals surface area contributed by atoms with E-state index < -0.39 is 12.0 Å². The zero-order valence-electron chi connectivity index (χ0n) is 25.5. The topological polar surface area (TPSA) is 114 Å². The van der Waals surface area contributed by atoms with E-state index in [-0.39, 0.29) is 17.0 Å². The van der Waals surface area contributed by atoms with Gasteiger partial charge < -0.3 is 19.2 Å². The van der Waals surface area contributed by atoms with Crippen LogP contribution in [0.4, 0.5) is 0 Å². The number of carboxylic acids is 1. The molecule has 5 aromatic rings. The first kappa shape index (κ1) is 31.1. The van der Waals surface area contributed by atoms with E-state index in [9.17, 15) is 19.5 Å². The molecule has 1 aliphatic rings. The van der Waals surface area contributed by atoms with Gasteiger partial charge in [0.25, 0.3) is 11.5 Å². The first-order valence-corrected chi connectivity index (χ1v) is 15.9. The van der Waals surface area contributed by atoms with Crippen molar-refractivity contribution in [2.75, 3.05) is 20.2 Å². The number of hydrogen-bond acceptors (Lipinski definition) is 7. The Hall–Kier alpha value is -4.93. The number of furan rings is 1. The van der Waals surface area contributed by atoms with Crippen molar-refractivity contribution in [2.45, 2.75) is 26.8 Å². The number of amides is 1. The highest BCUT2D eigenvalue weighted by atomic mass is 35.5. The standard InChI is InChI=1S/C35H30ClN3O6S/c1-5-38(6-2)33(41)29-19(3)37-35-39(31(29)30-23-10-8-7-9-20(23)12-15-27(30)44-4)32(40)28(46-35)18-22-13-16-26(45-22)24-17-21(34(42)43)11-14-25(24)36/h7-18,31H,5-6H2,1-4H3,(H,42,43)/b28-18+/t31-/m0/s1. The van der Waals surface area contributed by atoms with Gasteiger partial charge in [-0.2, -0.15) is 0 Å². The summed E-state index contributed by atoms with van der Waals surface area (Å²) in [5.74, 6) is -0.0112. The van der Waals surface area contributed by atoms with E-state index in [0.717, 1.165) is 10.8 Å². The number of benzene rings is 3. The summed E-state index contributed by atoms with van der Waals surface area (Å²) in [5.41, 5.74) is 1.78. The zero-order chi connectivity index (χ0) is 32.7. The molecule has 0 radical (unpaired) electrons. The fourth-order valence-electron chi connectivity index (χ4n) is 5.84. The number of halogens is 1. The summed E-state index contributed by atoms with van der Waals surface area (Å²) in [6, 6.07) is 18.5. The molecule has 0 spiro atoms. The van der Waals surface area contributed by atoms with Crippen LogP contribution in [-0.4, -0.2) is 46.6 Å². The lowest BCUT2D eigenvalue weighted by Gasteiger charge is -2.30. The van der Waals surface area contributed by atoms with Crippen molar-refractivity contribution in [1.29, 1.82) is 0 Å². The number of aromatic nitrogens is 1. The largest absolute Gasteiger partial charge is 0.496 e. The summed E-state index contributed by atoms with van der Waals surface area (Å²) >= 11 is 7.55. The van der Waals surface area contributed by atoms with Crippen molar-refractivity contribution in [2.24, 2.45) is 4.99 Å². The van der Waals surface area contributed by atoms with E-state index in [2.05, 4.69) is 0 Å². The van der Waals surface area contributed by atoms with Crippen LogP contribution in [0.15, 0.2) is 92.2 Å². The smallest absolute Gasteiger partial charge is 0.335 e. The maximum absolute atomic E-state index is 14.3. The fourth-order valence-corrected chi connectivity index (χ4v) is 7.07. The van der Waals surface area contributed by atoms with Crippen LogP contribution < -0.4 is 19.6 Å². The van der Waals surface area contributed by atoms with Crippen molar-refractivity contribution >= 4 is 51.7 Å². The first-order chi connectivity index (χ1) is 22.2. The second-order valence-electron chi connectivity index (χ2n) is 10.7. The molecule has 6 rings (SSSR count). The number of methoxy groups -OCH3 is 1. The highest BCUT2D eigenvalue weighted by molar-refractivity contribution is 7.07. The molecule has 3 heterocycles. The Balaban J connectivity index is 1.56. The molecule has 1 amide bonds. The predicted octanol–water partition coefficient (Wildman–Crippen LogP) is 5.88. The number of hydrogen-bond donors (Lipinski definition) is 1. The van der Waals surface area contributed by atoms with Crippen LogP contribution in [-0.2, 0) is 4.79 Å². The van der Waals surface area contributed by atoms with Gasteiger partial charge in [0.05, 0.1) is 33.5 Å². The van der Waals surface area contributed by atoms with E-state index in [1.165, 1.54) is 29.5 Å². The number of thiazole rings is 1. The van der Waals surface area contributed by atoms with Gasteiger partial charge in [-0.3, -0.25) is 14.2 Å². The number of fused-ring (bicyclic) bond motifs is 2. The van der Waals surface area contributed by atoms with E-state index >= 15 is 0 Å². The van der Waals surface area contributed by atoms with Gasteiger partial charge >= 0.3 is 5.97 Å². The molecule has 0 saturated heterocycles. The van der Waals surface area contributed by atoms with Gasteiger partial charge in [-0.05, 0) is 67.9 Å². The predicted molar refractivity (Wildman–Crippen MR) is 178 cm³/mol. The molecule has 234 valence electrons. The number of ether oxygens (including phenoxy) is 1. The molecule has 0 aliphatic carbocycles. The Bertz CT molecular complexity index is 2240. The van der Waals surface area contributed by atoms with Crippen LogP contribution in [0.5, 0.6) is 5.75 Å². The second kappa shape index (κ2) is 12.5. The molecule has 0 bridgehead atoms. The third kappa shape index (κ3) is 5.33. The molecular weight excluding hydrogens is 626 g/mol. The molecule has 2 aromatic heterocycles. The lowest BCUT2D eigenvalue weighted by molar-refractivity contribution is -0.127. The normalized spacial score (nSPS) is 14.7. The van der Waals surface area contributed by atoms with E-state index in [1.807, 2.05) is 50.2 Å². The van der Waals surface area contributed by atoms with Crippen molar-refractivity contribution in [3.05, 3.63) is 120 Å². The molecule has 1 atom stereocenters. The number of rotatable bonds is 8. The van der Waals surface area contributed by atoms with E-state index in [0.29, 0.717) is 67.1 Å². The molecule has 3 aromatic carbocycles. The van der Waals surface area contributed by atoms with Crippen LogP contribution in [0, 0.1) is 0 Å². The number of likely N-dealkylation sites (N-methyl/N-ethyl adjacent to an activating group) is 1. The Labute approximate surface area is 272 Å². The number of nitrogens with zero attached hydrogens (tertiary/aromatic N) is 3. The Kier molecular flexibility index (Phi) is 8.41. The summed E-state index contributed by atoms with van der Waals surface area (Å²) in [7, 11) is 1.58. The van der Waals surface area contributed by atoms with E-state index in [4.69, 9.17) is 25.7 Å². The molecule has 1 N–H and O–H groups in total. The van der Waals surface area contributed by atoms with Crippen LogP contribution in [0.1, 0.15) is 48.5 Å². The number of aromatic carboxylic acids is 1. The molecule has 1 aliphatic heterocycles. The monoisotopic (exact) mass is 655 g/mol. The zero-order valence-corrected chi connectivity index (χ0v) is 27.1. The first-order valence-electron chi connectivity index (χ1n) is 14.7. The average Bonchev–Trinajstić information content (AvgIpc) is 3.64. The van der Waals surface area contributed by atoms with Gasteiger partial charge in [0.1, 0.15) is 23.3 Å². The molecule has 0 fully saturated rings. The van der Waals surface area contributed by atoms with Gasteiger partial charge in [-0.15, -0.1) is 0 Å². The minimum absolute atomic E-state index is 0.0694. The van der Waals surface area contributed by atoms with Gasteiger partial charge in [0, 0.05) is 30.3 Å². The molecule has 11 heteroatoms. The molecule has 0 saturated carbocycles. The highest BCUT2D eigenvalue weighted by Gasteiger charge is 2.36. The maximum Gasteiger partial charge on any atom is 0.335 e. The highest BCUT2D eigenvalue weighted by Crippen LogP contribution is 2.40. The van der Waals surface area contributed by atoms with Gasteiger partial charge in [0.2, 0.25) is 0 Å². The van der Waals surface area contributed by atoms with Gasteiger partial charge in [0.15, 0.2) is 4.80 Å². The Morgan fingerprint density at radius 2 is 1.87 bits per heavy atom. The third-order valence-electron chi connectivity index (χ3n) is 8.11. The van der Waals surface area contributed by atoms with Crippen molar-refractivity contribution in [1.82, 2.24) is 9.47 Å². The van der Waals surface area contributed by atoms with Crippen LogP contribution in [0.25, 0.3) is 28.2 Å². The molecule has 9 nitrogen and oxygen atoms in total. The second-order valence-corrected chi connectivity index (χ2v) is 12.1. The van der Waals surface area contributed by atoms with Crippen molar-refractivity contribution in [3.63, 3.8) is 0 Å². The minimum atomic E-state index is -1.09. The molecule has 46 heavy (non-hydrogen) atoms.